The van der Waals surface area contributed by atoms with Crippen LogP contribution in [0.5, 0.6) is 0 Å². The Bertz CT molecular complexity index is 217. The Morgan fingerprint density at radius 3 is 2.27 bits per heavy atom. The summed E-state index contributed by atoms with van der Waals surface area (Å²) in [5.74, 6) is -0.607. The van der Waals surface area contributed by atoms with E-state index in [4.69, 9.17) is 9.84 Å². The van der Waals surface area contributed by atoms with Crippen molar-refractivity contribution >= 4 is 5.97 Å². The molecule has 0 aromatic carbocycles. The first kappa shape index (κ1) is 8.11. The predicted molar refractivity (Wildman–Crippen MR) is 40.0 cm³/mol. The quantitative estimate of drug-likeness (QED) is 0.624. The van der Waals surface area contributed by atoms with Crippen LogP contribution in [0.15, 0.2) is 11.3 Å². The molecule has 2 atom stereocenters. The molecule has 1 aliphatic heterocycles. The molecule has 0 saturated carbocycles. The van der Waals surface area contributed by atoms with Crippen LogP contribution in [0.4, 0.5) is 0 Å². The van der Waals surface area contributed by atoms with Crippen LogP contribution >= 0.6 is 0 Å². The van der Waals surface area contributed by atoms with Crippen LogP contribution in [0.1, 0.15) is 20.8 Å². The lowest BCUT2D eigenvalue weighted by atomic mass is 10.00. The van der Waals surface area contributed by atoms with Gasteiger partial charge in [0.25, 0.3) is 0 Å². The lowest BCUT2D eigenvalue weighted by Gasteiger charge is -2.08. The van der Waals surface area contributed by atoms with Gasteiger partial charge in [-0.25, -0.2) is 4.79 Å². The molecule has 0 saturated heterocycles. The van der Waals surface area contributed by atoms with Crippen LogP contribution in [0.2, 0.25) is 0 Å². The van der Waals surface area contributed by atoms with Gasteiger partial charge in [-0.05, 0) is 19.4 Å². The average molecular weight is 156 g/mol. The molecule has 0 aliphatic carbocycles. The fourth-order valence-corrected chi connectivity index (χ4v) is 1.16. The SMILES string of the molecule is CC1=C(C(=O)O)O[C@@H](C)C1C. The molecular formula is C8H12O3. The standard InChI is InChI=1S/C8H12O3/c1-4-5(2)7(8(9)10)11-6(4)3/h4,6H,1-3H3,(H,9,10)/t4?,6-/m0/s1. The van der Waals surface area contributed by atoms with Crippen molar-refractivity contribution in [3.63, 3.8) is 0 Å². The van der Waals surface area contributed by atoms with Gasteiger partial charge in [-0.3, -0.25) is 0 Å². The molecule has 0 amide bonds. The summed E-state index contributed by atoms with van der Waals surface area (Å²) in [5.41, 5.74) is 0.838. The Labute approximate surface area is 65.7 Å². The maximum Gasteiger partial charge on any atom is 0.371 e. The average Bonchev–Trinajstić information content (AvgIpc) is 2.17. The Morgan fingerprint density at radius 2 is 2.09 bits per heavy atom. The molecule has 1 N–H and O–H groups in total. The van der Waals surface area contributed by atoms with Gasteiger partial charge in [-0.1, -0.05) is 6.92 Å². The van der Waals surface area contributed by atoms with E-state index in [2.05, 4.69) is 0 Å². The molecule has 3 nitrogen and oxygen atoms in total. The molecule has 0 bridgehead atoms. The van der Waals surface area contributed by atoms with Crippen LogP contribution in [0.3, 0.4) is 0 Å². The van der Waals surface area contributed by atoms with Gasteiger partial charge in [-0.2, -0.15) is 0 Å². The Hall–Kier alpha value is -0.990. The zero-order chi connectivity index (χ0) is 8.59. The van der Waals surface area contributed by atoms with E-state index < -0.39 is 5.97 Å². The van der Waals surface area contributed by atoms with Gasteiger partial charge in [0.2, 0.25) is 5.76 Å². The van der Waals surface area contributed by atoms with Crippen LogP contribution in [0.25, 0.3) is 0 Å². The largest absolute Gasteiger partial charge is 0.483 e. The molecule has 0 fully saturated rings. The molecule has 1 aliphatic rings. The maximum absolute atomic E-state index is 10.5. The van der Waals surface area contributed by atoms with Crippen molar-refractivity contribution < 1.29 is 14.6 Å². The zero-order valence-electron chi connectivity index (χ0n) is 6.92. The van der Waals surface area contributed by atoms with Crippen molar-refractivity contribution in [3.05, 3.63) is 11.3 Å². The van der Waals surface area contributed by atoms with E-state index in [-0.39, 0.29) is 17.8 Å². The highest BCUT2D eigenvalue weighted by molar-refractivity contribution is 5.85. The predicted octanol–water partition coefficient (Wildman–Crippen LogP) is 1.40. The second-order valence-electron chi connectivity index (χ2n) is 2.93. The maximum atomic E-state index is 10.5. The van der Waals surface area contributed by atoms with E-state index in [1.807, 2.05) is 13.8 Å². The first-order valence-corrected chi connectivity index (χ1v) is 3.64. The highest BCUT2D eigenvalue weighted by Gasteiger charge is 2.30. The summed E-state index contributed by atoms with van der Waals surface area (Å²) in [6, 6.07) is 0. The van der Waals surface area contributed by atoms with Gasteiger partial charge < -0.3 is 9.84 Å². The lowest BCUT2D eigenvalue weighted by molar-refractivity contribution is -0.137. The summed E-state index contributed by atoms with van der Waals surface area (Å²) in [6.07, 6.45) is 0.00102. The minimum absolute atomic E-state index is 0.00102. The van der Waals surface area contributed by atoms with E-state index >= 15 is 0 Å². The molecule has 1 unspecified atom stereocenters. The van der Waals surface area contributed by atoms with E-state index in [1.54, 1.807) is 6.92 Å². The highest BCUT2D eigenvalue weighted by Crippen LogP contribution is 2.29. The second-order valence-corrected chi connectivity index (χ2v) is 2.93. The summed E-state index contributed by atoms with van der Waals surface area (Å²) in [4.78, 5) is 10.5. The summed E-state index contributed by atoms with van der Waals surface area (Å²) in [5, 5.41) is 8.64. The number of carboxylic acid groups (broad SMARTS) is 1. The van der Waals surface area contributed by atoms with Gasteiger partial charge in [0.1, 0.15) is 6.10 Å². The van der Waals surface area contributed by atoms with E-state index in [0.29, 0.717) is 0 Å². The first-order valence-electron chi connectivity index (χ1n) is 3.64. The van der Waals surface area contributed by atoms with E-state index in [9.17, 15) is 4.79 Å². The molecule has 0 aromatic heterocycles. The lowest BCUT2D eigenvalue weighted by Crippen LogP contribution is -2.10. The van der Waals surface area contributed by atoms with Crippen LogP contribution in [0, 0.1) is 5.92 Å². The number of carbonyl (C=O) groups is 1. The monoisotopic (exact) mass is 156 g/mol. The Balaban J connectivity index is 2.89. The van der Waals surface area contributed by atoms with Crippen molar-refractivity contribution in [2.45, 2.75) is 26.9 Å². The molecule has 1 heterocycles. The zero-order valence-corrected chi connectivity index (χ0v) is 6.92. The number of ether oxygens (including phenoxy) is 1. The minimum atomic E-state index is -0.960. The number of aliphatic carboxylic acids is 1. The normalized spacial score (nSPS) is 30.5. The molecule has 1 rings (SSSR count). The summed E-state index contributed by atoms with van der Waals surface area (Å²) >= 11 is 0. The van der Waals surface area contributed by atoms with Gasteiger partial charge in [-0.15, -0.1) is 0 Å². The van der Waals surface area contributed by atoms with Crippen LogP contribution in [-0.4, -0.2) is 17.2 Å². The molecule has 0 aromatic rings. The smallest absolute Gasteiger partial charge is 0.371 e. The second kappa shape index (κ2) is 2.57. The third-order valence-electron chi connectivity index (χ3n) is 2.24. The minimum Gasteiger partial charge on any atom is -0.483 e. The Kier molecular flexibility index (Phi) is 1.89. The van der Waals surface area contributed by atoms with Crippen molar-refractivity contribution in [2.75, 3.05) is 0 Å². The van der Waals surface area contributed by atoms with Crippen LogP contribution in [-0.2, 0) is 9.53 Å². The molecule has 0 spiro atoms. The summed E-state index contributed by atoms with van der Waals surface area (Å²) in [7, 11) is 0. The molecular weight excluding hydrogens is 144 g/mol. The fourth-order valence-electron chi connectivity index (χ4n) is 1.16. The van der Waals surface area contributed by atoms with Crippen LogP contribution < -0.4 is 0 Å². The van der Waals surface area contributed by atoms with Crippen molar-refractivity contribution in [2.24, 2.45) is 5.92 Å². The fraction of sp³-hybridized carbons (Fsp3) is 0.625. The molecule has 62 valence electrons. The van der Waals surface area contributed by atoms with Crippen molar-refractivity contribution in [1.82, 2.24) is 0 Å². The van der Waals surface area contributed by atoms with Gasteiger partial charge in [0.05, 0.1) is 0 Å². The number of rotatable bonds is 1. The van der Waals surface area contributed by atoms with Gasteiger partial charge in [0, 0.05) is 5.92 Å². The third kappa shape index (κ3) is 1.23. The summed E-state index contributed by atoms with van der Waals surface area (Å²) in [6.45, 7) is 5.65. The topological polar surface area (TPSA) is 46.5 Å². The summed E-state index contributed by atoms with van der Waals surface area (Å²) < 4.78 is 5.13. The van der Waals surface area contributed by atoms with Crippen molar-refractivity contribution in [3.8, 4) is 0 Å². The van der Waals surface area contributed by atoms with Gasteiger partial charge in [0.15, 0.2) is 0 Å². The van der Waals surface area contributed by atoms with Gasteiger partial charge >= 0.3 is 5.97 Å². The Morgan fingerprint density at radius 1 is 1.55 bits per heavy atom. The number of hydrogen-bond donors (Lipinski definition) is 1. The first-order chi connectivity index (χ1) is 5.04. The van der Waals surface area contributed by atoms with Crippen molar-refractivity contribution in [1.29, 1.82) is 0 Å². The molecule has 0 radical (unpaired) electrons. The molecule has 3 heteroatoms. The van der Waals surface area contributed by atoms with E-state index in [0.717, 1.165) is 5.57 Å². The number of hydrogen-bond acceptors (Lipinski definition) is 2. The highest BCUT2D eigenvalue weighted by atomic mass is 16.5. The van der Waals surface area contributed by atoms with E-state index in [1.165, 1.54) is 0 Å². The molecule has 11 heavy (non-hydrogen) atoms. The number of carboxylic acids is 1. The third-order valence-corrected chi connectivity index (χ3v) is 2.24.